The minimum Gasteiger partial charge on any atom is -0.382 e. The van der Waals surface area contributed by atoms with Gasteiger partial charge in [0.1, 0.15) is 6.04 Å². The molecule has 1 aliphatic heterocycles. The van der Waals surface area contributed by atoms with Crippen molar-refractivity contribution < 1.29 is 4.74 Å². The van der Waals surface area contributed by atoms with E-state index in [1.165, 1.54) is 6.42 Å². The molecule has 0 aromatic rings. The van der Waals surface area contributed by atoms with Crippen molar-refractivity contribution in [2.75, 3.05) is 13.7 Å². The van der Waals surface area contributed by atoms with Crippen LogP contribution in [0.25, 0.3) is 0 Å². The summed E-state index contributed by atoms with van der Waals surface area (Å²) in [5.41, 5.74) is 0. The second-order valence-electron chi connectivity index (χ2n) is 3.48. The van der Waals surface area contributed by atoms with Crippen LogP contribution in [0.1, 0.15) is 20.3 Å². The van der Waals surface area contributed by atoms with Gasteiger partial charge in [0.2, 0.25) is 0 Å². The molecule has 68 valence electrons. The summed E-state index contributed by atoms with van der Waals surface area (Å²) in [4.78, 5) is 2.21. The summed E-state index contributed by atoms with van der Waals surface area (Å²) < 4.78 is 4.98. The number of hydrogen-bond acceptors (Lipinski definition) is 3. The fraction of sp³-hybridized carbons (Fsp3) is 0.889. The van der Waals surface area contributed by atoms with Crippen molar-refractivity contribution in [2.45, 2.75) is 38.4 Å². The lowest BCUT2D eigenvalue weighted by atomic mass is 9.93. The zero-order valence-corrected chi connectivity index (χ0v) is 7.95. The minimum absolute atomic E-state index is 0.0613. The third kappa shape index (κ3) is 1.60. The first-order valence-corrected chi connectivity index (χ1v) is 4.36. The van der Waals surface area contributed by atoms with Crippen molar-refractivity contribution in [3.8, 4) is 6.07 Å². The highest BCUT2D eigenvalue weighted by atomic mass is 16.5. The van der Waals surface area contributed by atoms with E-state index in [0.717, 1.165) is 0 Å². The fourth-order valence-electron chi connectivity index (χ4n) is 2.00. The lowest BCUT2D eigenvalue weighted by molar-refractivity contribution is -0.0129. The molecular weight excluding hydrogens is 152 g/mol. The molecule has 0 aromatic heterocycles. The monoisotopic (exact) mass is 168 g/mol. The number of methoxy groups -OCH3 is 1. The Kier molecular flexibility index (Phi) is 3.07. The van der Waals surface area contributed by atoms with Crippen molar-refractivity contribution >= 4 is 0 Å². The molecule has 3 atom stereocenters. The highest BCUT2D eigenvalue weighted by Crippen LogP contribution is 2.27. The average Bonchev–Trinajstić information content (AvgIpc) is 2.03. The quantitative estimate of drug-likeness (QED) is 0.631. The van der Waals surface area contributed by atoms with Crippen LogP contribution in [0.2, 0.25) is 0 Å². The Morgan fingerprint density at radius 3 is 2.50 bits per heavy atom. The maximum Gasteiger partial charge on any atom is 0.122 e. The standard InChI is InChI=1S/C9H16N2O/c1-7-4-8(2)11(7)9(5-10)6-12-3/h7-9H,4,6H2,1-3H3. The van der Waals surface area contributed by atoms with Crippen LogP contribution in [0.15, 0.2) is 0 Å². The topological polar surface area (TPSA) is 36.3 Å². The Balaban J connectivity index is 2.48. The first-order valence-electron chi connectivity index (χ1n) is 4.36. The van der Waals surface area contributed by atoms with Gasteiger partial charge >= 0.3 is 0 Å². The predicted molar refractivity (Wildman–Crippen MR) is 46.7 cm³/mol. The highest BCUT2D eigenvalue weighted by molar-refractivity contribution is 5.01. The molecular formula is C9H16N2O. The molecule has 12 heavy (non-hydrogen) atoms. The third-order valence-corrected chi connectivity index (χ3v) is 2.53. The summed E-state index contributed by atoms with van der Waals surface area (Å²) in [5, 5.41) is 8.86. The van der Waals surface area contributed by atoms with E-state index in [-0.39, 0.29) is 6.04 Å². The number of likely N-dealkylation sites (tertiary alicyclic amines) is 1. The molecule has 0 aromatic carbocycles. The number of hydrogen-bond donors (Lipinski definition) is 0. The van der Waals surface area contributed by atoms with Gasteiger partial charge in [0.15, 0.2) is 0 Å². The molecule has 1 rings (SSSR count). The molecule has 0 amide bonds. The maximum atomic E-state index is 8.86. The normalized spacial score (nSPS) is 32.2. The zero-order valence-electron chi connectivity index (χ0n) is 7.95. The molecule has 0 aliphatic carbocycles. The zero-order chi connectivity index (χ0) is 9.14. The lowest BCUT2D eigenvalue weighted by Crippen LogP contribution is -2.58. The van der Waals surface area contributed by atoms with Gasteiger partial charge < -0.3 is 4.74 Å². The molecule has 1 fully saturated rings. The van der Waals surface area contributed by atoms with E-state index in [0.29, 0.717) is 18.7 Å². The predicted octanol–water partition coefficient (Wildman–Crippen LogP) is 1.01. The first-order chi connectivity index (χ1) is 5.70. The molecule has 0 spiro atoms. The molecule has 3 unspecified atom stereocenters. The van der Waals surface area contributed by atoms with Crippen LogP contribution in [-0.4, -0.2) is 36.7 Å². The van der Waals surface area contributed by atoms with Crippen LogP contribution in [0.3, 0.4) is 0 Å². The van der Waals surface area contributed by atoms with Crippen LogP contribution in [0.4, 0.5) is 0 Å². The molecule has 0 saturated carbocycles. The largest absolute Gasteiger partial charge is 0.382 e. The number of rotatable bonds is 3. The molecule has 1 heterocycles. The molecule has 0 radical (unpaired) electrons. The third-order valence-electron chi connectivity index (χ3n) is 2.53. The van der Waals surface area contributed by atoms with Crippen LogP contribution in [0, 0.1) is 11.3 Å². The molecule has 0 N–H and O–H groups in total. The lowest BCUT2D eigenvalue weighted by Gasteiger charge is -2.47. The Bertz CT molecular complexity index is 179. The van der Waals surface area contributed by atoms with E-state index in [9.17, 15) is 0 Å². The summed E-state index contributed by atoms with van der Waals surface area (Å²) in [7, 11) is 1.64. The highest BCUT2D eigenvalue weighted by Gasteiger charge is 2.36. The smallest absolute Gasteiger partial charge is 0.122 e. The average molecular weight is 168 g/mol. The molecule has 1 saturated heterocycles. The van der Waals surface area contributed by atoms with Crippen molar-refractivity contribution in [3.63, 3.8) is 0 Å². The number of nitrogens with zero attached hydrogens (tertiary/aromatic N) is 2. The summed E-state index contributed by atoms with van der Waals surface area (Å²) >= 11 is 0. The number of nitriles is 1. The molecule has 1 aliphatic rings. The van der Waals surface area contributed by atoms with Gasteiger partial charge in [-0.3, -0.25) is 4.90 Å². The van der Waals surface area contributed by atoms with E-state index < -0.39 is 0 Å². The summed E-state index contributed by atoms with van der Waals surface area (Å²) in [6.45, 7) is 4.82. The van der Waals surface area contributed by atoms with E-state index in [1.54, 1.807) is 7.11 Å². The summed E-state index contributed by atoms with van der Waals surface area (Å²) in [5.74, 6) is 0. The first kappa shape index (κ1) is 9.50. The van der Waals surface area contributed by atoms with E-state index >= 15 is 0 Å². The van der Waals surface area contributed by atoms with Crippen LogP contribution in [0.5, 0.6) is 0 Å². The maximum absolute atomic E-state index is 8.86. The van der Waals surface area contributed by atoms with Gasteiger partial charge in [-0.25, -0.2) is 0 Å². The summed E-state index contributed by atoms with van der Waals surface area (Å²) in [6, 6.07) is 3.29. The van der Waals surface area contributed by atoms with Crippen molar-refractivity contribution in [3.05, 3.63) is 0 Å². The Morgan fingerprint density at radius 1 is 1.58 bits per heavy atom. The SMILES string of the molecule is COCC(C#N)N1C(C)CC1C. The fourth-order valence-corrected chi connectivity index (χ4v) is 2.00. The second kappa shape index (κ2) is 3.88. The van der Waals surface area contributed by atoms with E-state index in [2.05, 4.69) is 24.8 Å². The van der Waals surface area contributed by atoms with Crippen LogP contribution >= 0.6 is 0 Å². The van der Waals surface area contributed by atoms with Gasteiger partial charge in [0, 0.05) is 19.2 Å². The molecule has 3 nitrogen and oxygen atoms in total. The minimum atomic E-state index is -0.0613. The van der Waals surface area contributed by atoms with Gasteiger partial charge in [0.05, 0.1) is 12.7 Å². The van der Waals surface area contributed by atoms with E-state index in [4.69, 9.17) is 10.00 Å². The summed E-state index contributed by atoms with van der Waals surface area (Å²) in [6.07, 6.45) is 1.20. The Labute approximate surface area is 73.9 Å². The Hall–Kier alpha value is -0.590. The van der Waals surface area contributed by atoms with Gasteiger partial charge in [0.25, 0.3) is 0 Å². The van der Waals surface area contributed by atoms with Gasteiger partial charge in [-0.05, 0) is 20.3 Å². The van der Waals surface area contributed by atoms with Crippen LogP contribution < -0.4 is 0 Å². The number of ether oxygens (including phenoxy) is 1. The van der Waals surface area contributed by atoms with Crippen molar-refractivity contribution in [1.29, 1.82) is 5.26 Å². The van der Waals surface area contributed by atoms with Crippen molar-refractivity contribution in [2.24, 2.45) is 0 Å². The Morgan fingerprint density at radius 2 is 2.17 bits per heavy atom. The van der Waals surface area contributed by atoms with E-state index in [1.807, 2.05) is 0 Å². The van der Waals surface area contributed by atoms with Gasteiger partial charge in [-0.1, -0.05) is 0 Å². The molecule has 0 bridgehead atoms. The van der Waals surface area contributed by atoms with Gasteiger partial charge in [-0.15, -0.1) is 0 Å². The van der Waals surface area contributed by atoms with Gasteiger partial charge in [-0.2, -0.15) is 5.26 Å². The van der Waals surface area contributed by atoms with Crippen molar-refractivity contribution in [1.82, 2.24) is 4.90 Å². The second-order valence-corrected chi connectivity index (χ2v) is 3.48. The van der Waals surface area contributed by atoms with Crippen LogP contribution in [-0.2, 0) is 4.74 Å². The molecule has 3 heteroatoms.